The van der Waals surface area contributed by atoms with Gasteiger partial charge in [0.15, 0.2) is 0 Å². The van der Waals surface area contributed by atoms with Gasteiger partial charge in [-0.15, -0.1) is 0 Å². The summed E-state index contributed by atoms with van der Waals surface area (Å²) in [5, 5.41) is 11.7. The SMILES string of the molecule is CCC(=O)Nc1ccc(C(=O)N2CCC(C(=O)O)CC2)cc1. The summed E-state index contributed by atoms with van der Waals surface area (Å²) in [4.78, 5) is 36.2. The molecule has 118 valence electrons. The molecule has 1 aromatic rings. The largest absolute Gasteiger partial charge is 0.481 e. The van der Waals surface area contributed by atoms with E-state index in [2.05, 4.69) is 5.32 Å². The first-order valence-electron chi connectivity index (χ1n) is 7.43. The highest BCUT2D eigenvalue weighted by atomic mass is 16.4. The highest BCUT2D eigenvalue weighted by molar-refractivity contribution is 5.96. The molecule has 2 rings (SSSR count). The van der Waals surface area contributed by atoms with Crippen molar-refractivity contribution < 1.29 is 19.5 Å². The molecule has 1 saturated heterocycles. The van der Waals surface area contributed by atoms with Crippen molar-refractivity contribution in [1.29, 1.82) is 0 Å². The van der Waals surface area contributed by atoms with E-state index in [-0.39, 0.29) is 17.7 Å². The fourth-order valence-corrected chi connectivity index (χ4v) is 2.46. The summed E-state index contributed by atoms with van der Waals surface area (Å²) in [5.41, 5.74) is 1.20. The molecule has 22 heavy (non-hydrogen) atoms. The molecule has 2 N–H and O–H groups in total. The van der Waals surface area contributed by atoms with Crippen LogP contribution in [0.2, 0.25) is 0 Å². The molecule has 1 aliphatic rings. The number of nitrogens with zero attached hydrogens (tertiary/aromatic N) is 1. The van der Waals surface area contributed by atoms with E-state index in [0.717, 1.165) is 0 Å². The number of aliphatic carboxylic acids is 1. The Bertz CT molecular complexity index is 560. The van der Waals surface area contributed by atoms with Crippen molar-refractivity contribution in [3.63, 3.8) is 0 Å². The molecule has 1 heterocycles. The van der Waals surface area contributed by atoms with E-state index in [1.165, 1.54) is 0 Å². The standard InChI is InChI=1S/C16H20N2O4/c1-2-14(19)17-13-5-3-11(4-6-13)15(20)18-9-7-12(8-10-18)16(21)22/h3-6,12H,2,7-10H2,1H3,(H,17,19)(H,21,22). The number of benzene rings is 1. The number of rotatable bonds is 4. The van der Waals surface area contributed by atoms with Crippen LogP contribution in [0.1, 0.15) is 36.5 Å². The van der Waals surface area contributed by atoms with Gasteiger partial charge in [-0.05, 0) is 37.1 Å². The highest BCUT2D eigenvalue weighted by Crippen LogP contribution is 2.20. The smallest absolute Gasteiger partial charge is 0.306 e. The highest BCUT2D eigenvalue weighted by Gasteiger charge is 2.27. The first kappa shape index (κ1) is 16.0. The molecule has 0 radical (unpaired) electrons. The van der Waals surface area contributed by atoms with Crippen molar-refractivity contribution in [3.05, 3.63) is 29.8 Å². The second-order valence-electron chi connectivity index (χ2n) is 5.38. The lowest BCUT2D eigenvalue weighted by Crippen LogP contribution is -2.40. The van der Waals surface area contributed by atoms with Crippen molar-refractivity contribution >= 4 is 23.5 Å². The van der Waals surface area contributed by atoms with Crippen LogP contribution in [0.4, 0.5) is 5.69 Å². The third-order valence-corrected chi connectivity index (χ3v) is 3.87. The molecule has 6 nitrogen and oxygen atoms in total. The summed E-state index contributed by atoms with van der Waals surface area (Å²) in [5.74, 6) is -1.31. The fourth-order valence-electron chi connectivity index (χ4n) is 2.46. The Morgan fingerprint density at radius 3 is 2.27 bits per heavy atom. The molecular weight excluding hydrogens is 284 g/mol. The van der Waals surface area contributed by atoms with E-state index >= 15 is 0 Å². The van der Waals surface area contributed by atoms with Gasteiger partial charge in [0.05, 0.1) is 5.92 Å². The van der Waals surface area contributed by atoms with Crippen molar-refractivity contribution in [3.8, 4) is 0 Å². The Balaban J connectivity index is 1.96. The molecule has 2 amide bonds. The van der Waals surface area contributed by atoms with Gasteiger partial charge < -0.3 is 15.3 Å². The van der Waals surface area contributed by atoms with Crippen LogP contribution in [-0.4, -0.2) is 40.9 Å². The Morgan fingerprint density at radius 2 is 1.77 bits per heavy atom. The summed E-state index contributed by atoms with van der Waals surface area (Å²) < 4.78 is 0. The quantitative estimate of drug-likeness (QED) is 0.890. The monoisotopic (exact) mass is 304 g/mol. The Hall–Kier alpha value is -2.37. The number of amides is 2. The average Bonchev–Trinajstić information content (AvgIpc) is 2.55. The average molecular weight is 304 g/mol. The van der Waals surface area contributed by atoms with E-state index in [4.69, 9.17) is 5.11 Å². The minimum absolute atomic E-state index is 0.0742. The van der Waals surface area contributed by atoms with Gasteiger partial charge in [-0.25, -0.2) is 0 Å². The summed E-state index contributed by atoms with van der Waals surface area (Å²) in [6.07, 6.45) is 1.39. The van der Waals surface area contributed by atoms with E-state index in [0.29, 0.717) is 43.6 Å². The number of likely N-dealkylation sites (tertiary alicyclic amines) is 1. The van der Waals surface area contributed by atoms with Crippen LogP contribution >= 0.6 is 0 Å². The van der Waals surface area contributed by atoms with Crippen LogP contribution in [-0.2, 0) is 9.59 Å². The van der Waals surface area contributed by atoms with Gasteiger partial charge >= 0.3 is 5.97 Å². The minimum Gasteiger partial charge on any atom is -0.481 e. The zero-order valence-corrected chi connectivity index (χ0v) is 12.5. The summed E-state index contributed by atoms with van der Waals surface area (Å²) >= 11 is 0. The van der Waals surface area contributed by atoms with Crippen LogP contribution in [0.15, 0.2) is 24.3 Å². The van der Waals surface area contributed by atoms with Crippen molar-refractivity contribution in [2.75, 3.05) is 18.4 Å². The molecule has 1 aromatic carbocycles. The van der Waals surface area contributed by atoms with Crippen molar-refractivity contribution in [2.45, 2.75) is 26.2 Å². The fraction of sp³-hybridized carbons (Fsp3) is 0.438. The van der Waals surface area contributed by atoms with E-state index in [1.54, 1.807) is 36.1 Å². The van der Waals surface area contributed by atoms with Gasteiger partial charge in [-0.2, -0.15) is 0 Å². The van der Waals surface area contributed by atoms with Gasteiger partial charge in [-0.1, -0.05) is 6.92 Å². The molecule has 0 spiro atoms. The lowest BCUT2D eigenvalue weighted by Gasteiger charge is -2.30. The summed E-state index contributed by atoms with van der Waals surface area (Å²) in [6.45, 7) is 2.70. The Kier molecular flexibility index (Phi) is 5.14. The second kappa shape index (κ2) is 7.06. The lowest BCUT2D eigenvalue weighted by atomic mass is 9.96. The summed E-state index contributed by atoms with van der Waals surface area (Å²) in [7, 11) is 0. The van der Waals surface area contributed by atoms with Crippen LogP contribution < -0.4 is 5.32 Å². The maximum Gasteiger partial charge on any atom is 0.306 e. The maximum atomic E-state index is 12.4. The Labute approximate surface area is 129 Å². The number of hydrogen-bond acceptors (Lipinski definition) is 3. The van der Waals surface area contributed by atoms with E-state index in [9.17, 15) is 14.4 Å². The number of hydrogen-bond donors (Lipinski definition) is 2. The number of carbonyl (C=O) groups excluding carboxylic acids is 2. The molecule has 1 fully saturated rings. The predicted molar refractivity (Wildman–Crippen MR) is 81.6 cm³/mol. The zero-order valence-electron chi connectivity index (χ0n) is 12.5. The van der Waals surface area contributed by atoms with Crippen LogP contribution in [0, 0.1) is 5.92 Å². The molecule has 0 bridgehead atoms. The second-order valence-corrected chi connectivity index (χ2v) is 5.38. The number of carbonyl (C=O) groups is 3. The first-order chi connectivity index (χ1) is 10.5. The number of carboxylic acid groups (broad SMARTS) is 1. The number of carboxylic acids is 1. The molecule has 1 aliphatic heterocycles. The molecule has 0 atom stereocenters. The normalized spacial score (nSPS) is 15.4. The number of anilines is 1. The third-order valence-electron chi connectivity index (χ3n) is 3.87. The van der Waals surface area contributed by atoms with Gasteiger partial charge in [-0.3, -0.25) is 14.4 Å². The van der Waals surface area contributed by atoms with Gasteiger partial charge in [0, 0.05) is 30.8 Å². The molecule has 0 aliphatic carbocycles. The first-order valence-corrected chi connectivity index (χ1v) is 7.43. The van der Waals surface area contributed by atoms with Crippen LogP contribution in [0.5, 0.6) is 0 Å². The summed E-state index contributed by atoms with van der Waals surface area (Å²) in [6, 6.07) is 6.75. The van der Waals surface area contributed by atoms with Crippen molar-refractivity contribution in [2.24, 2.45) is 5.92 Å². The van der Waals surface area contributed by atoms with Crippen molar-refractivity contribution in [1.82, 2.24) is 4.90 Å². The van der Waals surface area contributed by atoms with Crippen LogP contribution in [0.25, 0.3) is 0 Å². The topological polar surface area (TPSA) is 86.7 Å². The Morgan fingerprint density at radius 1 is 1.18 bits per heavy atom. The lowest BCUT2D eigenvalue weighted by molar-refractivity contribution is -0.143. The van der Waals surface area contributed by atoms with E-state index < -0.39 is 5.97 Å². The minimum atomic E-state index is -0.789. The van der Waals surface area contributed by atoms with E-state index in [1.807, 2.05) is 0 Å². The molecule has 0 saturated carbocycles. The van der Waals surface area contributed by atoms with Gasteiger partial charge in [0.25, 0.3) is 5.91 Å². The van der Waals surface area contributed by atoms with Gasteiger partial charge in [0.1, 0.15) is 0 Å². The predicted octanol–water partition coefficient (Wildman–Crippen LogP) is 1.97. The number of piperidine rings is 1. The molecular formula is C16H20N2O4. The van der Waals surface area contributed by atoms with Gasteiger partial charge in [0.2, 0.25) is 5.91 Å². The zero-order chi connectivity index (χ0) is 16.1. The molecule has 6 heteroatoms. The third kappa shape index (κ3) is 3.84. The molecule has 0 aromatic heterocycles. The number of nitrogens with one attached hydrogen (secondary N) is 1. The molecule has 0 unspecified atom stereocenters. The maximum absolute atomic E-state index is 12.4. The van der Waals surface area contributed by atoms with Crippen LogP contribution in [0.3, 0.4) is 0 Å².